The standard InChI is InChI=1S/C18H34N2OSi/c1-15(2)22(16(3)4,17(5)6)20-8-7-18(14-20)13-19-9-11-21-12-10-19/h7-8,14-17H,9-13H2,1-6H3. The zero-order valence-corrected chi connectivity index (χ0v) is 16.3. The molecule has 0 aromatic carbocycles. The van der Waals surface area contributed by atoms with Crippen LogP contribution < -0.4 is 0 Å². The van der Waals surface area contributed by atoms with Gasteiger partial charge in [-0.05, 0) is 40.6 Å². The van der Waals surface area contributed by atoms with Crippen molar-refractivity contribution in [1.29, 1.82) is 0 Å². The van der Waals surface area contributed by atoms with Crippen LogP contribution in [0.4, 0.5) is 0 Å². The molecule has 4 heteroatoms. The molecule has 2 rings (SSSR count). The molecule has 0 amide bonds. The van der Waals surface area contributed by atoms with E-state index >= 15 is 0 Å². The van der Waals surface area contributed by atoms with E-state index in [1.807, 2.05) is 0 Å². The summed E-state index contributed by atoms with van der Waals surface area (Å²) in [4.78, 5) is 2.51. The van der Waals surface area contributed by atoms with Gasteiger partial charge in [0.05, 0.1) is 13.2 Å². The average Bonchev–Trinajstić information content (AvgIpc) is 2.88. The van der Waals surface area contributed by atoms with Crippen LogP contribution in [0.25, 0.3) is 0 Å². The Kier molecular flexibility index (Phi) is 5.92. The summed E-state index contributed by atoms with van der Waals surface area (Å²) in [7, 11) is -1.58. The molecule has 2 heterocycles. The molecule has 0 aliphatic carbocycles. The predicted molar refractivity (Wildman–Crippen MR) is 97.0 cm³/mol. The minimum atomic E-state index is -1.58. The number of aromatic nitrogens is 1. The molecule has 1 aromatic rings. The first-order valence-corrected chi connectivity index (χ1v) is 11.0. The summed E-state index contributed by atoms with van der Waals surface area (Å²) in [6.07, 6.45) is 4.81. The molecule has 0 bridgehead atoms. The van der Waals surface area contributed by atoms with Crippen molar-refractivity contribution in [3.63, 3.8) is 0 Å². The minimum absolute atomic E-state index is 0.746. The molecule has 1 saturated heterocycles. The second-order valence-electron chi connectivity index (χ2n) is 7.67. The molecule has 0 atom stereocenters. The van der Waals surface area contributed by atoms with Crippen LogP contribution in [-0.4, -0.2) is 43.7 Å². The highest BCUT2D eigenvalue weighted by atomic mass is 28.3. The Morgan fingerprint density at radius 2 is 1.55 bits per heavy atom. The van der Waals surface area contributed by atoms with Crippen molar-refractivity contribution >= 4 is 8.24 Å². The summed E-state index contributed by atoms with van der Waals surface area (Å²) < 4.78 is 8.09. The highest BCUT2D eigenvalue weighted by Crippen LogP contribution is 2.42. The van der Waals surface area contributed by atoms with Crippen molar-refractivity contribution < 1.29 is 4.74 Å². The summed E-state index contributed by atoms with van der Waals surface area (Å²) in [6, 6.07) is 2.34. The number of hydrogen-bond acceptors (Lipinski definition) is 2. The second kappa shape index (κ2) is 7.32. The van der Waals surface area contributed by atoms with E-state index in [-0.39, 0.29) is 0 Å². The van der Waals surface area contributed by atoms with Crippen molar-refractivity contribution in [3.8, 4) is 0 Å². The second-order valence-corrected chi connectivity index (χ2v) is 13.4. The number of nitrogens with zero attached hydrogens (tertiary/aromatic N) is 2. The van der Waals surface area contributed by atoms with Crippen LogP contribution in [-0.2, 0) is 11.3 Å². The average molecular weight is 323 g/mol. The fourth-order valence-electron chi connectivity index (χ4n) is 4.69. The molecule has 1 aromatic heterocycles. The van der Waals surface area contributed by atoms with Crippen molar-refractivity contribution in [2.75, 3.05) is 26.3 Å². The quantitative estimate of drug-likeness (QED) is 0.725. The van der Waals surface area contributed by atoms with Gasteiger partial charge in [-0.15, -0.1) is 0 Å². The molecular formula is C18H34N2OSi. The molecule has 3 nitrogen and oxygen atoms in total. The lowest BCUT2D eigenvalue weighted by atomic mass is 10.3. The summed E-state index contributed by atoms with van der Waals surface area (Å²) in [5.74, 6) is 0. The van der Waals surface area contributed by atoms with Crippen LogP contribution in [0.1, 0.15) is 47.1 Å². The predicted octanol–water partition coefficient (Wildman–Crippen LogP) is 4.34. The molecule has 0 radical (unpaired) electrons. The molecule has 0 unspecified atom stereocenters. The van der Waals surface area contributed by atoms with Gasteiger partial charge in [0.2, 0.25) is 0 Å². The summed E-state index contributed by atoms with van der Waals surface area (Å²) in [5, 5.41) is 0. The first-order valence-electron chi connectivity index (χ1n) is 8.86. The monoisotopic (exact) mass is 322 g/mol. The maximum atomic E-state index is 5.45. The highest BCUT2D eigenvalue weighted by Gasteiger charge is 2.44. The van der Waals surface area contributed by atoms with Crippen LogP contribution in [0.2, 0.25) is 16.6 Å². The molecule has 0 spiro atoms. The van der Waals surface area contributed by atoms with Gasteiger partial charge >= 0.3 is 0 Å². The van der Waals surface area contributed by atoms with E-state index in [1.165, 1.54) is 5.56 Å². The number of rotatable bonds is 6. The van der Waals surface area contributed by atoms with Gasteiger partial charge in [-0.25, -0.2) is 0 Å². The van der Waals surface area contributed by atoms with Crippen LogP contribution in [0.5, 0.6) is 0 Å². The number of morpholine rings is 1. The van der Waals surface area contributed by atoms with E-state index in [2.05, 4.69) is 69.1 Å². The van der Waals surface area contributed by atoms with Gasteiger partial charge in [-0.1, -0.05) is 41.5 Å². The van der Waals surface area contributed by atoms with Gasteiger partial charge < -0.3 is 8.97 Å². The van der Waals surface area contributed by atoms with Gasteiger partial charge in [0.1, 0.15) is 0 Å². The van der Waals surface area contributed by atoms with Crippen LogP contribution in [0.3, 0.4) is 0 Å². The van der Waals surface area contributed by atoms with Crippen LogP contribution in [0.15, 0.2) is 18.5 Å². The molecule has 0 N–H and O–H groups in total. The smallest absolute Gasteiger partial charge is 0.168 e. The van der Waals surface area contributed by atoms with Crippen LogP contribution >= 0.6 is 0 Å². The molecule has 1 aliphatic heterocycles. The Hall–Kier alpha value is -0.583. The Labute approximate surface area is 137 Å². The molecule has 0 saturated carbocycles. The Bertz CT molecular complexity index is 440. The zero-order chi connectivity index (χ0) is 16.3. The fraction of sp³-hybridized carbons (Fsp3) is 0.778. The molecular weight excluding hydrogens is 288 g/mol. The van der Waals surface area contributed by atoms with E-state index in [1.54, 1.807) is 0 Å². The van der Waals surface area contributed by atoms with E-state index in [9.17, 15) is 0 Å². The summed E-state index contributed by atoms with van der Waals surface area (Å²) in [5.41, 5.74) is 3.70. The van der Waals surface area contributed by atoms with Gasteiger partial charge in [0.25, 0.3) is 0 Å². The third-order valence-electron chi connectivity index (χ3n) is 5.49. The number of ether oxygens (including phenoxy) is 1. The Morgan fingerprint density at radius 1 is 1.00 bits per heavy atom. The maximum absolute atomic E-state index is 5.45. The third-order valence-corrected chi connectivity index (χ3v) is 12.2. The normalized spacial score (nSPS) is 17.9. The zero-order valence-electron chi connectivity index (χ0n) is 15.3. The van der Waals surface area contributed by atoms with Crippen molar-refractivity contribution in [1.82, 2.24) is 9.13 Å². The molecule has 1 fully saturated rings. The topological polar surface area (TPSA) is 17.4 Å². The van der Waals surface area contributed by atoms with Crippen molar-refractivity contribution in [2.45, 2.75) is 64.7 Å². The lowest BCUT2D eigenvalue weighted by Gasteiger charge is -2.44. The Balaban J connectivity index is 2.23. The summed E-state index contributed by atoms with van der Waals surface area (Å²) in [6.45, 7) is 19.5. The van der Waals surface area contributed by atoms with Gasteiger partial charge in [0, 0.05) is 19.6 Å². The van der Waals surface area contributed by atoms with Gasteiger partial charge in [0.15, 0.2) is 8.24 Å². The maximum Gasteiger partial charge on any atom is 0.168 e. The van der Waals surface area contributed by atoms with Crippen molar-refractivity contribution in [3.05, 3.63) is 24.0 Å². The van der Waals surface area contributed by atoms with E-state index in [4.69, 9.17) is 4.74 Å². The van der Waals surface area contributed by atoms with E-state index in [0.29, 0.717) is 0 Å². The highest BCUT2D eigenvalue weighted by molar-refractivity contribution is 6.82. The van der Waals surface area contributed by atoms with E-state index in [0.717, 1.165) is 49.5 Å². The lowest BCUT2D eigenvalue weighted by molar-refractivity contribution is 0.0342. The van der Waals surface area contributed by atoms with Gasteiger partial charge in [-0.3, -0.25) is 4.90 Å². The van der Waals surface area contributed by atoms with Gasteiger partial charge in [-0.2, -0.15) is 0 Å². The Morgan fingerprint density at radius 3 is 2.05 bits per heavy atom. The first kappa shape index (κ1) is 17.8. The van der Waals surface area contributed by atoms with Crippen molar-refractivity contribution in [2.24, 2.45) is 0 Å². The molecule has 1 aliphatic rings. The largest absolute Gasteiger partial charge is 0.379 e. The molecule has 22 heavy (non-hydrogen) atoms. The minimum Gasteiger partial charge on any atom is -0.379 e. The lowest BCUT2D eigenvalue weighted by Crippen LogP contribution is -2.51. The fourth-order valence-corrected chi connectivity index (χ4v) is 11.2. The SMILES string of the molecule is CC(C)[Si](C(C)C)(C(C)C)n1ccc(CN2CCOCC2)c1. The number of hydrogen-bond donors (Lipinski definition) is 0. The van der Waals surface area contributed by atoms with E-state index < -0.39 is 8.24 Å². The first-order chi connectivity index (χ1) is 10.4. The summed E-state index contributed by atoms with van der Waals surface area (Å²) >= 11 is 0. The third kappa shape index (κ3) is 3.34. The van der Waals surface area contributed by atoms with Crippen LogP contribution in [0, 0.1) is 0 Å². The molecule has 126 valence electrons.